The van der Waals surface area contributed by atoms with Crippen LogP contribution in [-0.2, 0) is 215 Å². The third kappa shape index (κ3) is 20.2. The van der Waals surface area contributed by atoms with Crippen LogP contribution in [0.25, 0.3) is 5.57 Å². The summed E-state index contributed by atoms with van der Waals surface area (Å²) in [5, 5.41) is 0. The van der Waals surface area contributed by atoms with Crippen molar-refractivity contribution in [3.05, 3.63) is 54.8 Å². The van der Waals surface area contributed by atoms with Gasteiger partial charge in [-0.1, -0.05) is 13.8 Å². The smallest absolute Gasteiger partial charge is 0 e. The van der Waals surface area contributed by atoms with Crippen LogP contribution in [0.1, 0.15) is 19.4 Å². The Kier molecular flexibility index (Phi) is 67.5. The second-order valence-corrected chi connectivity index (χ2v) is 2.89. The quantitative estimate of drug-likeness (QED) is 0.409. The van der Waals surface area contributed by atoms with Crippen molar-refractivity contribution in [2.24, 2.45) is 0 Å². The van der Waals surface area contributed by atoms with E-state index in [9.17, 15) is 0 Å². The molecule has 0 aliphatic carbocycles. The third-order valence-corrected chi connectivity index (χ3v) is 1.74. The minimum atomic E-state index is 0. The monoisotopic (exact) mass is 741 g/mol. The molecule has 0 aliphatic rings. The van der Waals surface area contributed by atoms with Crippen LogP contribution in [0.2, 0.25) is 0 Å². The first-order chi connectivity index (χ1) is 5.75. The van der Waals surface area contributed by atoms with Gasteiger partial charge in [0.1, 0.15) is 0 Å². The van der Waals surface area contributed by atoms with Crippen molar-refractivity contribution in [3.8, 4) is 0 Å². The first kappa shape index (κ1) is 44.5. The zero-order valence-electron chi connectivity index (χ0n) is 11.5. The van der Waals surface area contributed by atoms with Crippen LogP contribution in [0, 0.1) is 19.4 Å². The summed E-state index contributed by atoms with van der Waals surface area (Å²) in [7, 11) is 0. The summed E-state index contributed by atoms with van der Waals surface area (Å²) in [5.74, 6) is 0. The molecule has 19 heavy (non-hydrogen) atoms. The van der Waals surface area contributed by atoms with Gasteiger partial charge in [-0.05, 0) is 0 Å². The molecular weight excluding hydrogens is 729 g/mol. The Labute approximate surface area is 281 Å². The zero-order valence-corrected chi connectivity index (χ0v) is 29.9. The molecule has 0 aliphatic heterocycles. The molecule has 7 radical (unpaired) electrons. The Balaban J connectivity index is -0.0000000411. The Morgan fingerprint density at radius 2 is 1.47 bits per heavy atom. The Bertz CT molecular complexity index is 286. The molecular formula is C12H13VY6-3. The van der Waals surface area contributed by atoms with Crippen LogP contribution in [0.15, 0.2) is 29.8 Å². The predicted molar refractivity (Wildman–Crippen MR) is 53.2 cm³/mol. The van der Waals surface area contributed by atoms with E-state index in [0.717, 1.165) is 5.56 Å². The van der Waals surface area contributed by atoms with E-state index in [2.05, 4.69) is 26.8 Å². The summed E-state index contributed by atoms with van der Waals surface area (Å²) in [4.78, 5) is 0. The first-order valence-electron chi connectivity index (χ1n) is 4.02. The molecule has 0 N–H and O–H groups in total. The number of rotatable bonds is 2. The SMILES string of the molecule is [CH2-][CH-]C(=C(C)C)c1[c-]cccc1.[V].[Y].[Y].[Y].[Y].[Y].[Y]. The second kappa shape index (κ2) is 28.8. The maximum atomic E-state index is 3.78. The van der Waals surface area contributed by atoms with Gasteiger partial charge in [-0.2, -0.15) is 12.1 Å². The molecule has 0 amide bonds. The molecule has 0 aromatic heterocycles. The molecule has 0 nitrogen and oxygen atoms in total. The summed E-state index contributed by atoms with van der Waals surface area (Å²) in [6.07, 6.45) is 1.88. The normalized spacial score (nSPS) is 5.84. The molecule has 1 rings (SSSR count). The minimum absolute atomic E-state index is 0. The Morgan fingerprint density at radius 1 is 1.00 bits per heavy atom. The van der Waals surface area contributed by atoms with Gasteiger partial charge in [-0.15, -0.1) is 6.07 Å². The molecule has 0 saturated carbocycles. The molecule has 0 bridgehead atoms. The van der Waals surface area contributed by atoms with Crippen molar-refractivity contribution in [3.63, 3.8) is 0 Å². The summed E-state index contributed by atoms with van der Waals surface area (Å²) < 4.78 is 0. The standard InChI is InChI=1S/C12H13.V.6Y/c1-4-12(10(2)3)11-8-6-5-7-9-11;;;;;;;/h4-8H,1H2,2-3H3;;;;;;;/q-3;;;;;;;. The number of allylic oxidation sites excluding steroid dienone is 2. The van der Waals surface area contributed by atoms with Gasteiger partial charge < -0.3 is 13.3 Å². The molecule has 1 aromatic carbocycles. The van der Waals surface area contributed by atoms with Crippen LogP contribution in [0.3, 0.4) is 0 Å². The van der Waals surface area contributed by atoms with Gasteiger partial charge in [-0.3, -0.25) is 11.1 Å². The van der Waals surface area contributed by atoms with Crippen molar-refractivity contribution < 1.29 is 215 Å². The fourth-order valence-corrected chi connectivity index (χ4v) is 1.14. The fraction of sp³-hybridized carbons (Fsp3) is 0.167. The van der Waals surface area contributed by atoms with E-state index in [0.29, 0.717) is 0 Å². The Morgan fingerprint density at radius 3 is 1.74 bits per heavy atom. The summed E-state index contributed by atoms with van der Waals surface area (Å²) in [6, 6.07) is 11.1. The molecule has 0 atom stereocenters. The van der Waals surface area contributed by atoms with Crippen LogP contribution in [0.5, 0.6) is 0 Å². The largest absolute Gasteiger partial charge is 0.392 e. The van der Waals surface area contributed by atoms with Crippen molar-refractivity contribution >= 4 is 5.57 Å². The van der Waals surface area contributed by atoms with Gasteiger partial charge in [0.15, 0.2) is 0 Å². The molecule has 0 spiro atoms. The van der Waals surface area contributed by atoms with Crippen molar-refractivity contribution in [1.82, 2.24) is 0 Å². The van der Waals surface area contributed by atoms with Crippen LogP contribution in [-0.4, -0.2) is 0 Å². The van der Waals surface area contributed by atoms with Gasteiger partial charge in [-0.25, -0.2) is 17.7 Å². The van der Waals surface area contributed by atoms with E-state index in [4.69, 9.17) is 0 Å². The van der Waals surface area contributed by atoms with Gasteiger partial charge >= 0.3 is 0 Å². The van der Waals surface area contributed by atoms with E-state index >= 15 is 0 Å². The summed E-state index contributed by atoms with van der Waals surface area (Å²) in [6.45, 7) is 7.94. The fourth-order valence-electron chi connectivity index (χ4n) is 1.14. The number of benzene rings is 1. The average molecular weight is 742 g/mol. The molecule has 87 valence electrons. The number of hydrogen-bond acceptors (Lipinski definition) is 0. The molecule has 0 heterocycles. The van der Waals surface area contributed by atoms with Gasteiger partial charge in [0.05, 0.1) is 0 Å². The van der Waals surface area contributed by atoms with Crippen molar-refractivity contribution in [2.45, 2.75) is 13.8 Å². The third-order valence-electron chi connectivity index (χ3n) is 1.74. The zero-order chi connectivity index (χ0) is 8.97. The van der Waals surface area contributed by atoms with E-state index in [1.165, 1.54) is 11.1 Å². The van der Waals surface area contributed by atoms with E-state index in [1.807, 2.05) is 30.7 Å². The second-order valence-electron chi connectivity index (χ2n) is 2.89. The molecule has 0 saturated heterocycles. The van der Waals surface area contributed by atoms with Gasteiger partial charge in [0, 0.05) is 215 Å². The van der Waals surface area contributed by atoms with E-state index in [-0.39, 0.29) is 215 Å². The Hall–Kier alpha value is 6.04. The maximum Gasteiger partial charge on any atom is 0 e. The summed E-state index contributed by atoms with van der Waals surface area (Å²) in [5.41, 5.74) is 3.57. The van der Waals surface area contributed by atoms with E-state index < -0.39 is 0 Å². The maximum absolute atomic E-state index is 3.78. The van der Waals surface area contributed by atoms with Gasteiger partial charge in [0.2, 0.25) is 0 Å². The molecule has 0 fully saturated rings. The van der Waals surface area contributed by atoms with Gasteiger partial charge in [0.25, 0.3) is 0 Å². The van der Waals surface area contributed by atoms with Crippen LogP contribution >= 0.6 is 0 Å². The van der Waals surface area contributed by atoms with E-state index in [1.54, 1.807) is 0 Å². The minimum Gasteiger partial charge on any atom is -0.392 e. The first-order valence-corrected chi connectivity index (χ1v) is 4.02. The molecule has 0 unspecified atom stereocenters. The molecule has 1 aromatic rings. The number of hydrogen-bond donors (Lipinski definition) is 0. The predicted octanol–water partition coefficient (Wildman–Crippen LogP) is 3.30. The van der Waals surface area contributed by atoms with Crippen LogP contribution in [0.4, 0.5) is 0 Å². The summed E-state index contributed by atoms with van der Waals surface area (Å²) >= 11 is 0. The van der Waals surface area contributed by atoms with Crippen molar-refractivity contribution in [2.75, 3.05) is 0 Å². The van der Waals surface area contributed by atoms with Crippen LogP contribution < -0.4 is 0 Å². The average Bonchev–Trinajstić information content (AvgIpc) is 2.07. The topological polar surface area (TPSA) is 0 Å². The van der Waals surface area contributed by atoms with Crippen molar-refractivity contribution in [1.29, 1.82) is 0 Å². The molecule has 7 heteroatoms.